The molecule has 1 heterocycles. The van der Waals surface area contributed by atoms with E-state index < -0.39 is 0 Å². The highest BCUT2D eigenvalue weighted by atomic mass is 16.5. The minimum absolute atomic E-state index is 0.422. The third-order valence-electron chi connectivity index (χ3n) is 5.43. The number of hydrogen-bond donors (Lipinski definition) is 1. The van der Waals surface area contributed by atoms with E-state index in [1.165, 1.54) is 30.5 Å². The molecule has 21 heavy (non-hydrogen) atoms. The van der Waals surface area contributed by atoms with Crippen LogP contribution >= 0.6 is 0 Å². The van der Waals surface area contributed by atoms with Gasteiger partial charge in [-0.3, -0.25) is 4.90 Å². The first kappa shape index (κ1) is 14.9. The fourth-order valence-electron chi connectivity index (χ4n) is 4.30. The number of piperidine rings is 1. The Morgan fingerprint density at radius 2 is 2.10 bits per heavy atom. The number of likely N-dealkylation sites (N-methyl/N-ethyl adjacent to an activating group) is 1. The number of methoxy groups -OCH3 is 1. The van der Waals surface area contributed by atoms with E-state index in [1.807, 2.05) is 0 Å². The third kappa shape index (κ3) is 2.69. The van der Waals surface area contributed by atoms with Crippen molar-refractivity contribution < 1.29 is 4.74 Å². The predicted octanol–water partition coefficient (Wildman–Crippen LogP) is 3.00. The van der Waals surface area contributed by atoms with Crippen molar-refractivity contribution in [2.45, 2.75) is 51.2 Å². The smallest absolute Gasteiger partial charge is 0.119 e. The van der Waals surface area contributed by atoms with Crippen LogP contribution in [-0.2, 0) is 6.42 Å². The molecule has 4 unspecified atom stereocenters. The van der Waals surface area contributed by atoms with Gasteiger partial charge in [0.2, 0.25) is 0 Å². The highest BCUT2D eigenvalue weighted by molar-refractivity contribution is 5.43. The Balaban J connectivity index is 1.85. The van der Waals surface area contributed by atoms with Gasteiger partial charge >= 0.3 is 0 Å². The molecule has 1 N–H and O–H groups in total. The number of nitrogens with one attached hydrogen (secondary N) is 1. The van der Waals surface area contributed by atoms with Crippen LogP contribution in [0.15, 0.2) is 18.2 Å². The number of ether oxygens (including phenoxy) is 1. The molecule has 0 aromatic heterocycles. The summed E-state index contributed by atoms with van der Waals surface area (Å²) in [4.78, 5) is 2.73. The molecule has 1 aromatic rings. The normalized spacial score (nSPS) is 33.0. The molecule has 1 fully saturated rings. The molecule has 4 atom stereocenters. The summed E-state index contributed by atoms with van der Waals surface area (Å²) in [6, 6.07) is 8.25. The predicted molar refractivity (Wildman–Crippen MR) is 86.9 cm³/mol. The van der Waals surface area contributed by atoms with Crippen molar-refractivity contribution in [2.24, 2.45) is 5.92 Å². The van der Waals surface area contributed by atoms with Gasteiger partial charge < -0.3 is 10.1 Å². The van der Waals surface area contributed by atoms with Crippen molar-refractivity contribution in [1.29, 1.82) is 0 Å². The van der Waals surface area contributed by atoms with Crippen LogP contribution in [0.25, 0.3) is 0 Å². The molecule has 3 nitrogen and oxygen atoms in total. The lowest BCUT2D eigenvalue weighted by atomic mass is 9.91. The molecule has 2 aliphatic rings. The Labute approximate surface area is 128 Å². The third-order valence-corrected chi connectivity index (χ3v) is 5.43. The standard InChI is InChI=1S/C18H28N2O/c1-12-7-8-20(13(2)9-12)17-10-14-5-6-15(21-4)11-16(14)18(17)19-3/h5-6,11-13,17-19H,7-10H2,1-4H3. The van der Waals surface area contributed by atoms with Crippen LogP contribution in [0.1, 0.15) is 43.9 Å². The molecule has 3 heteroatoms. The van der Waals surface area contributed by atoms with Gasteiger partial charge in [-0.15, -0.1) is 0 Å². The number of rotatable bonds is 3. The zero-order chi connectivity index (χ0) is 15.0. The number of fused-ring (bicyclic) bond motifs is 1. The Morgan fingerprint density at radius 3 is 2.76 bits per heavy atom. The van der Waals surface area contributed by atoms with Gasteiger partial charge in [0.25, 0.3) is 0 Å². The maximum atomic E-state index is 5.41. The first-order valence-electron chi connectivity index (χ1n) is 8.23. The fourth-order valence-corrected chi connectivity index (χ4v) is 4.30. The summed E-state index contributed by atoms with van der Waals surface area (Å²) in [5.41, 5.74) is 2.90. The second-order valence-electron chi connectivity index (χ2n) is 6.82. The molecule has 0 saturated carbocycles. The molecule has 1 aliphatic heterocycles. The van der Waals surface area contributed by atoms with E-state index in [4.69, 9.17) is 4.74 Å². The van der Waals surface area contributed by atoms with Gasteiger partial charge in [0.15, 0.2) is 0 Å². The maximum Gasteiger partial charge on any atom is 0.119 e. The van der Waals surface area contributed by atoms with Crippen molar-refractivity contribution in [3.05, 3.63) is 29.3 Å². The SMILES string of the molecule is CNC1c2cc(OC)ccc2CC1N1CCC(C)CC1C. The van der Waals surface area contributed by atoms with Gasteiger partial charge in [-0.25, -0.2) is 0 Å². The van der Waals surface area contributed by atoms with E-state index >= 15 is 0 Å². The summed E-state index contributed by atoms with van der Waals surface area (Å²) in [5, 5.41) is 3.55. The Bertz CT molecular complexity index is 502. The average Bonchev–Trinajstić information content (AvgIpc) is 2.84. The Hall–Kier alpha value is -1.06. The average molecular weight is 288 g/mol. The van der Waals surface area contributed by atoms with Crippen LogP contribution in [0.3, 0.4) is 0 Å². The topological polar surface area (TPSA) is 24.5 Å². The lowest BCUT2D eigenvalue weighted by Crippen LogP contribution is -2.50. The zero-order valence-corrected chi connectivity index (χ0v) is 13.7. The molecule has 0 amide bonds. The van der Waals surface area contributed by atoms with Gasteiger partial charge in [-0.05, 0) is 69.0 Å². The van der Waals surface area contributed by atoms with Crippen LogP contribution in [0, 0.1) is 5.92 Å². The van der Waals surface area contributed by atoms with Crippen molar-refractivity contribution in [3.63, 3.8) is 0 Å². The minimum atomic E-state index is 0.422. The fraction of sp³-hybridized carbons (Fsp3) is 0.667. The lowest BCUT2D eigenvalue weighted by Gasteiger charge is -2.42. The minimum Gasteiger partial charge on any atom is -0.497 e. The largest absolute Gasteiger partial charge is 0.497 e. The van der Waals surface area contributed by atoms with Gasteiger partial charge in [-0.1, -0.05) is 13.0 Å². The van der Waals surface area contributed by atoms with E-state index in [2.05, 4.69) is 49.3 Å². The molecule has 0 spiro atoms. The van der Waals surface area contributed by atoms with E-state index in [0.717, 1.165) is 18.1 Å². The van der Waals surface area contributed by atoms with E-state index in [9.17, 15) is 0 Å². The van der Waals surface area contributed by atoms with Crippen LogP contribution in [0.2, 0.25) is 0 Å². The molecular weight excluding hydrogens is 260 g/mol. The quantitative estimate of drug-likeness (QED) is 0.925. The summed E-state index contributed by atoms with van der Waals surface area (Å²) >= 11 is 0. The zero-order valence-electron chi connectivity index (χ0n) is 13.7. The van der Waals surface area contributed by atoms with Gasteiger partial charge in [-0.2, -0.15) is 0 Å². The van der Waals surface area contributed by atoms with Crippen LogP contribution in [0.4, 0.5) is 0 Å². The monoisotopic (exact) mass is 288 g/mol. The Kier molecular flexibility index (Phi) is 4.23. The highest BCUT2D eigenvalue weighted by Crippen LogP contribution is 2.39. The van der Waals surface area contributed by atoms with Crippen molar-refractivity contribution in [2.75, 3.05) is 20.7 Å². The van der Waals surface area contributed by atoms with Gasteiger partial charge in [0, 0.05) is 18.1 Å². The molecular formula is C18H28N2O. The van der Waals surface area contributed by atoms with Gasteiger partial charge in [0.1, 0.15) is 5.75 Å². The summed E-state index contributed by atoms with van der Waals surface area (Å²) in [5.74, 6) is 1.84. The lowest BCUT2D eigenvalue weighted by molar-refractivity contribution is 0.0688. The first-order chi connectivity index (χ1) is 10.1. The summed E-state index contributed by atoms with van der Waals surface area (Å²) in [6.45, 7) is 6.01. The van der Waals surface area contributed by atoms with E-state index in [1.54, 1.807) is 7.11 Å². The van der Waals surface area contributed by atoms with E-state index in [-0.39, 0.29) is 0 Å². The first-order valence-corrected chi connectivity index (χ1v) is 8.23. The molecule has 1 saturated heterocycles. The number of likely N-dealkylation sites (tertiary alicyclic amines) is 1. The molecule has 3 rings (SSSR count). The van der Waals surface area contributed by atoms with Crippen LogP contribution in [0.5, 0.6) is 5.75 Å². The highest BCUT2D eigenvalue weighted by Gasteiger charge is 2.39. The maximum absolute atomic E-state index is 5.41. The molecule has 0 radical (unpaired) electrons. The summed E-state index contributed by atoms with van der Waals surface area (Å²) in [7, 11) is 3.83. The van der Waals surface area contributed by atoms with Crippen molar-refractivity contribution in [3.8, 4) is 5.75 Å². The van der Waals surface area contributed by atoms with Crippen LogP contribution < -0.4 is 10.1 Å². The number of benzene rings is 1. The number of nitrogens with zero attached hydrogens (tertiary/aromatic N) is 1. The van der Waals surface area contributed by atoms with Gasteiger partial charge in [0.05, 0.1) is 7.11 Å². The summed E-state index contributed by atoms with van der Waals surface area (Å²) in [6.07, 6.45) is 3.81. The van der Waals surface area contributed by atoms with Crippen molar-refractivity contribution >= 4 is 0 Å². The second-order valence-corrected chi connectivity index (χ2v) is 6.82. The molecule has 1 aromatic carbocycles. The molecule has 0 bridgehead atoms. The number of hydrogen-bond acceptors (Lipinski definition) is 3. The molecule has 1 aliphatic carbocycles. The summed E-state index contributed by atoms with van der Waals surface area (Å²) < 4.78 is 5.41. The molecule has 116 valence electrons. The van der Waals surface area contributed by atoms with Crippen molar-refractivity contribution in [1.82, 2.24) is 10.2 Å². The Morgan fingerprint density at radius 1 is 1.29 bits per heavy atom. The van der Waals surface area contributed by atoms with E-state index in [0.29, 0.717) is 18.1 Å². The second kappa shape index (κ2) is 5.98. The van der Waals surface area contributed by atoms with Crippen LogP contribution in [-0.4, -0.2) is 37.7 Å².